The van der Waals surface area contributed by atoms with E-state index in [1.165, 1.54) is 29.4 Å². The number of rotatable bonds is 8. The lowest BCUT2D eigenvalue weighted by Gasteiger charge is -2.31. The summed E-state index contributed by atoms with van der Waals surface area (Å²) in [4.78, 5) is 34.6. The first kappa shape index (κ1) is 26.5. The third-order valence-corrected chi connectivity index (χ3v) is 7.30. The van der Waals surface area contributed by atoms with Gasteiger partial charge in [-0.1, -0.05) is 29.3 Å². The van der Waals surface area contributed by atoms with Gasteiger partial charge < -0.3 is 15.2 Å². The molecule has 2 aliphatic rings. The van der Waals surface area contributed by atoms with Crippen LogP contribution in [0.1, 0.15) is 35.9 Å². The van der Waals surface area contributed by atoms with Crippen molar-refractivity contribution in [1.82, 2.24) is 15.2 Å². The molecule has 1 saturated heterocycles. The zero-order valence-corrected chi connectivity index (χ0v) is 21.3. The SMILES string of the molecule is COC(=O)C1=C(CN2CC(F)(F)C[C@@H]2CCC(=O)O)NC(c2nccs2)=N[C@H]1c1ccc(Cl)cc1Cl. The summed E-state index contributed by atoms with van der Waals surface area (Å²) < 4.78 is 33.8. The molecule has 0 spiro atoms. The van der Waals surface area contributed by atoms with Crippen molar-refractivity contribution < 1.29 is 28.2 Å². The van der Waals surface area contributed by atoms with Crippen molar-refractivity contribution in [2.75, 3.05) is 20.2 Å². The Morgan fingerprint density at radius 3 is 2.78 bits per heavy atom. The highest BCUT2D eigenvalue weighted by Gasteiger charge is 2.46. The van der Waals surface area contributed by atoms with Gasteiger partial charge in [-0.2, -0.15) is 0 Å². The highest BCUT2D eigenvalue weighted by Crippen LogP contribution is 2.39. The number of ether oxygens (including phenoxy) is 1. The molecule has 4 rings (SSSR count). The summed E-state index contributed by atoms with van der Waals surface area (Å²) in [6.45, 7) is -0.663. The second-order valence-corrected chi connectivity index (χ2v) is 10.2. The zero-order chi connectivity index (χ0) is 26.0. The Labute approximate surface area is 219 Å². The molecule has 1 aromatic heterocycles. The summed E-state index contributed by atoms with van der Waals surface area (Å²) in [6.07, 6.45) is 0.922. The van der Waals surface area contributed by atoms with Crippen LogP contribution >= 0.6 is 34.5 Å². The van der Waals surface area contributed by atoms with E-state index >= 15 is 0 Å². The number of nitrogens with one attached hydrogen (secondary N) is 1. The number of likely N-dealkylation sites (tertiary alicyclic amines) is 1. The molecular formula is C23H22Cl2F2N4O4S. The fourth-order valence-corrected chi connectivity index (χ4v) is 5.50. The molecule has 3 heterocycles. The Balaban J connectivity index is 1.78. The van der Waals surface area contributed by atoms with Crippen LogP contribution in [0.3, 0.4) is 0 Å². The first-order chi connectivity index (χ1) is 17.1. The van der Waals surface area contributed by atoms with Crippen LogP contribution in [-0.4, -0.2) is 64.9 Å². The fourth-order valence-electron chi connectivity index (χ4n) is 4.40. The number of halogens is 4. The van der Waals surface area contributed by atoms with E-state index in [-0.39, 0.29) is 30.0 Å². The Morgan fingerprint density at radius 2 is 2.14 bits per heavy atom. The molecule has 2 atom stereocenters. The molecule has 0 unspecified atom stereocenters. The monoisotopic (exact) mass is 558 g/mol. The van der Waals surface area contributed by atoms with Gasteiger partial charge in [-0.15, -0.1) is 11.3 Å². The van der Waals surface area contributed by atoms with Gasteiger partial charge in [-0.05, 0) is 18.6 Å². The van der Waals surface area contributed by atoms with Gasteiger partial charge in [0, 0.05) is 58.3 Å². The van der Waals surface area contributed by atoms with E-state index < -0.39 is 42.9 Å². The maximum absolute atomic E-state index is 14.4. The highest BCUT2D eigenvalue weighted by atomic mass is 35.5. The third kappa shape index (κ3) is 5.86. The molecule has 2 N–H and O–H groups in total. The van der Waals surface area contributed by atoms with E-state index in [1.807, 2.05) is 0 Å². The van der Waals surface area contributed by atoms with Gasteiger partial charge >= 0.3 is 11.9 Å². The van der Waals surface area contributed by atoms with E-state index in [0.29, 0.717) is 27.1 Å². The van der Waals surface area contributed by atoms with Crippen molar-refractivity contribution in [2.45, 2.75) is 37.3 Å². The van der Waals surface area contributed by atoms with Crippen molar-refractivity contribution in [3.8, 4) is 0 Å². The summed E-state index contributed by atoms with van der Waals surface area (Å²) in [6, 6.07) is 3.17. The molecule has 0 bridgehead atoms. The minimum absolute atomic E-state index is 0.0473. The topological polar surface area (TPSA) is 104 Å². The molecule has 8 nitrogen and oxygen atoms in total. The number of nitrogens with zero attached hydrogens (tertiary/aromatic N) is 3. The lowest BCUT2D eigenvalue weighted by Crippen LogP contribution is -2.41. The number of aliphatic carboxylic acids is 1. The number of aromatic nitrogens is 1. The summed E-state index contributed by atoms with van der Waals surface area (Å²) in [5.74, 6) is -4.42. The average Bonchev–Trinajstić information content (AvgIpc) is 3.44. The van der Waals surface area contributed by atoms with E-state index in [0.717, 1.165) is 0 Å². The van der Waals surface area contributed by atoms with Gasteiger partial charge in [-0.25, -0.2) is 18.6 Å². The van der Waals surface area contributed by atoms with Gasteiger partial charge in [0.1, 0.15) is 6.04 Å². The van der Waals surface area contributed by atoms with Crippen LogP contribution in [0.5, 0.6) is 0 Å². The Hall–Kier alpha value is -2.60. The summed E-state index contributed by atoms with van der Waals surface area (Å²) in [7, 11) is 1.22. The third-order valence-electron chi connectivity index (χ3n) is 5.96. The van der Waals surface area contributed by atoms with E-state index in [2.05, 4.69) is 10.3 Å². The number of carboxylic acid groups (broad SMARTS) is 1. The smallest absolute Gasteiger partial charge is 0.338 e. The minimum atomic E-state index is -2.99. The van der Waals surface area contributed by atoms with Gasteiger partial charge in [0.2, 0.25) is 0 Å². The molecule has 0 amide bonds. The predicted molar refractivity (Wildman–Crippen MR) is 132 cm³/mol. The van der Waals surface area contributed by atoms with Crippen LogP contribution in [0.15, 0.2) is 46.0 Å². The normalized spacial score (nSPS) is 21.8. The van der Waals surface area contributed by atoms with Crippen molar-refractivity contribution in [2.24, 2.45) is 4.99 Å². The standard InChI is InChI=1S/C23H22Cl2F2N4O4S/c1-35-22(34)18-16(10-31-11-23(26,27)9-13(31)3-5-17(32)33)29-20(21-28-6-7-36-21)30-19(18)14-4-2-12(24)8-15(14)25/h2,4,6-8,13,19H,3,5,9-11H2,1H3,(H,29,30)(H,32,33)/t13-,19-/m0/s1. The fraction of sp³-hybridized carbons (Fsp3) is 0.391. The molecule has 36 heavy (non-hydrogen) atoms. The maximum atomic E-state index is 14.4. The van der Waals surface area contributed by atoms with Gasteiger partial charge in [0.05, 0.1) is 19.2 Å². The maximum Gasteiger partial charge on any atom is 0.338 e. The highest BCUT2D eigenvalue weighted by molar-refractivity contribution is 7.11. The second-order valence-electron chi connectivity index (χ2n) is 8.44. The molecule has 0 aliphatic carbocycles. The van der Waals surface area contributed by atoms with Crippen molar-refractivity contribution in [3.05, 3.63) is 61.7 Å². The molecule has 192 valence electrons. The van der Waals surface area contributed by atoms with Gasteiger partial charge in [0.25, 0.3) is 5.92 Å². The quantitative estimate of drug-likeness (QED) is 0.458. The number of thiazole rings is 1. The molecule has 1 fully saturated rings. The van der Waals surface area contributed by atoms with E-state index in [4.69, 9.17) is 38.0 Å². The van der Waals surface area contributed by atoms with Crippen molar-refractivity contribution in [3.63, 3.8) is 0 Å². The molecule has 0 radical (unpaired) electrons. The van der Waals surface area contributed by atoms with Crippen LogP contribution in [0.2, 0.25) is 10.0 Å². The molecule has 2 aliphatic heterocycles. The van der Waals surface area contributed by atoms with Gasteiger partial charge in [0.15, 0.2) is 10.8 Å². The average molecular weight is 559 g/mol. The largest absolute Gasteiger partial charge is 0.481 e. The first-order valence-electron chi connectivity index (χ1n) is 10.9. The second kappa shape index (κ2) is 10.8. The molecule has 13 heteroatoms. The van der Waals surface area contributed by atoms with Crippen LogP contribution in [-0.2, 0) is 14.3 Å². The van der Waals surface area contributed by atoms with E-state index in [1.54, 1.807) is 23.7 Å². The number of esters is 1. The van der Waals surface area contributed by atoms with Crippen LogP contribution in [0.25, 0.3) is 0 Å². The van der Waals surface area contributed by atoms with Crippen molar-refractivity contribution in [1.29, 1.82) is 0 Å². The molecule has 1 aromatic carbocycles. The number of aliphatic imine (C=N–C) groups is 1. The summed E-state index contributed by atoms with van der Waals surface area (Å²) in [5, 5.41) is 15.1. The van der Waals surface area contributed by atoms with Gasteiger partial charge in [-0.3, -0.25) is 14.7 Å². The number of alkyl halides is 2. The summed E-state index contributed by atoms with van der Waals surface area (Å²) in [5.41, 5.74) is 0.883. The van der Waals surface area contributed by atoms with Crippen LogP contribution < -0.4 is 5.32 Å². The number of carbonyl (C=O) groups excluding carboxylic acids is 1. The molecular weight excluding hydrogens is 537 g/mol. The number of benzene rings is 1. The summed E-state index contributed by atoms with van der Waals surface area (Å²) >= 11 is 13.8. The van der Waals surface area contributed by atoms with Crippen LogP contribution in [0, 0.1) is 0 Å². The molecule has 2 aromatic rings. The first-order valence-corrected chi connectivity index (χ1v) is 12.6. The number of amidine groups is 1. The lowest BCUT2D eigenvalue weighted by molar-refractivity contribution is -0.137. The minimum Gasteiger partial charge on any atom is -0.481 e. The number of hydrogen-bond acceptors (Lipinski definition) is 8. The lowest BCUT2D eigenvalue weighted by atomic mass is 9.95. The number of carbonyl (C=O) groups is 2. The Kier molecular flexibility index (Phi) is 7.93. The predicted octanol–water partition coefficient (Wildman–Crippen LogP) is 4.54. The van der Waals surface area contributed by atoms with Crippen LogP contribution in [0.4, 0.5) is 8.78 Å². The van der Waals surface area contributed by atoms with E-state index in [9.17, 15) is 18.4 Å². The number of methoxy groups -OCH3 is 1. The number of carboxylic acids is 1. The molecule has 0 saturated carbocycles. The van der Waals surface area contributed by atoms with Crippen molar-refractivity contribution >= 4 is 52.3 Å². The Morgan fingerprint density at radius 1 is 1.36 bits per heavy atom. The number of hydrogen-bond donors (Lipinski definition) is 2. The Bertz CT molecular complexity index is 1220. The zero-order valence-electron chi connectivity index (χ0n) is 19.0.